The molecule has 3 heterocycles. The molecule has 0 aliphatic carbocycles. The topological polar surface area (TPSA) is 62.3 Å². The number of benzene rings is 1. The van der Waals surface area contributed by atoms with Crippen LogP contribution in [0.1, 0.15) is 33.0 Å². The molecule has 1 atom stereocenters. The summed E-state index contributed by atoms with van der Waals surface area (Å²) >= 11 is 8.77. The normalized spacial score (nSPS) is 16.3. The molecule has 2 aromatic heterocycles. The van der Waals surface area contributed by atoms with E-state index in [2.05, 4.69) is 10.3 Å². The van der Waals surface area contributed by atoms with E-state index >= 15 is 0 Å². The lowest BCUT2D eigenvalue weighted by atomic mass is 10.1. The summed E-state index contributed by atoms with van der Waals surface area (Å²) < 4.78 is 0. The lowest BCUT2D eigenvalue weighted by Crippen LogP contribution is -2.42. The summed E-state index contributed by atoms with van der Waals surface area (Å²) in [6.07, 6.45) is 4.01. The highest BCUT2D eigenvalue weighted by Crippen LogP contribution is 2.26. The molecule has 1 aliphatic rings. The van der Waals surface area contributed by atoms with Crippen molar-refractivity contribution in [3.8, 4) is 0 Å². The highest BCUT2D eigenvalue weighted by molar-refractivity contribution is 7.15. The zero-order chi connectivity index (χ0) is 19.5. The van der Waals surface area contributed by atoms with E-state index in [0.29, 0.717) is 28.0 Å². The average molecular weight is 432 g/mol. The van der Waals surface area contributed by atoms with Crippen LogP contribution in [0.15, 0.2) is 48.0 Å². The fraction of sp³-hybridized carbons (Fsp3) is 0.250. The van der Waals surface area contributed by atoms with Crippen LogP contribution < -0.4 is 5.32 Å². The molecule has 0 radical (unpaired) electrons. The molecule has 2 amide bonds. The van der Waals surface area contributed by atoms with Crippen molar-refractivity contribution in [3.05, 3.63) is 68.3 Å². The molecule has 0 unspecified atom stereocenters. The monoisotopic (exact) mass is 431 g/mol. The number of aromatic nitrogens is 1. The third-order valence-corrected chi connectivity index (χ3v) is 6.65. The van der Waals surface area contributed by atoms with Crippen LogP contribution in [-0.4, -0.2) is 34.3 Å². The van der Waals surface area contributed by atoms with E-state index < -0.39 is 6.04 Å². The summed E-state index contributed by atoms with van der Waals surface area (Å²) in [6.45, 7) is 0.606. The molecule has 1 fully saturated rings. The third-order valence-electron chi connectivity index (χ3n) is 4.62. The van der Waals surface area contributed by atoms with Gasteiger partial charge in [0.25, 0.3) is 5.91 Å². The van der Waals surface area contributed by atoms with Crippen LogP contribution in [0.3, 0.4) is 0 Å². The minimum Gasteiger partial charge on any atom is -0.326 e. The number of carbonyl (C=O) groups excluding carboxylic acids is 2. The van der Waals surface area contributed by atoms with Crippen molar-refractivity contribution in [2.24, 2.45) is 0 Å². The van der Waals surface area contributed by atoms with Gasteiger partial charge in [-0.05, 0) is 42.0 Å². The van der Waals surface area contributed by atoms with E-state index in [1.165, 1.54) is 22.7 Å². The van der Waals surface area contributed by atoms with E-state index in [9.17, 15) is 9.59 Å². The van der Waals surface area contributed by atoms with Gasteiger partial charge >= 0.3 is 0 Å². The van der Waals surface area contributed by atoms with Crippen LogP contribution in [-0.2, 0) is 11.2 Å². The maximum atomic E-state index is 12.8. The number of thiophene rings is 1. The van der Waals surface area contributed by atoms with Crippen molar-refractivity contribution in [1.82, 2.24) is 9.88 Å². The summed E-state index contributed by atoms with van der Waals surface area (Å²) in [5, 5.41) is 6.02. The Hall–Kier alpha value is -2.22. The van der Waals surface area contributed by atoms with E-state index in [4.69, 9.17) is 11.6 Å². The second-order valence-electron chi connectivity index (χ2n) is 6.56. The highest BCUT2D eigenvalue weighted by Gasteiger charge is 2.35. The zero-order valence-corrected chi connectivity index (χ0v) is 17.3. The molecule has 0 saturated carbocycles. The highest BCUT2D eigenvalue weighted by atomic mass is 35.5. The van der Waals surface area contributed by atoms with Crippen molar-refractivity contribution in [1.29, 1.82) is 0 Å². The number of nitrogens with zero attached hydrogens (tertiary/aromatic N) is 2. The first-order valence-electron chi connectivity index (χ1n) is 8.94. The average Bonchev–Trinajstić information content (AvgIpc) is 3.45. The molecular formula is C20H18ClN3O2S2. The first-order valence-corrected chi connectivity index (χ1v) is 11.0. The van der Waals surface area contributed by atoms with Gasteiger partial charge in [0.1, 0.15) is 6.04 Å². The van der Waals surface area contributed by atoms with Crippen molar-refractivity contribution in [2.75, 3.05) is 11.9 Å². The predicted octanol–water partition coefficient (Wildman–Crippen LogP) is 4.69. The fourth-order valence-electron chi connectivity index (χ4n) is 3.26. The molecule has 5 nitrogen and oxygen atoms in total. The smallest absolute Gasteiger partial charge is 0.264 e. The first-order chi connectivity index (χ1) is 13.6. The Kier molecular flexibility index (Phi) is 5.75. The molecule has 1 aliphatic heterocycles. The predicted molar refractivity (Wildman–Crippen MR) is 113 cm³/mol. The molecule has 1 saturated heterocycles. The summed E-state index contributed by atoms with van der Waals surface area (Å²) in [7, 11) is 0. The molecule has 3 aromatic rings. The van der Waals surface area contributed by atoms with Gasteiger partial charge in [0.2, 0.25) is 5.91 Å². The summed E-state index contributed by atoms with van der Waals surface area (Å²) in [4.78, 5) is 33.1. The fourth-order valence-corrected chi connectivity index (χ4v) is 4.92. The van der Waals surface area contributed by atoms with Gasteiger partial charge in [-0.2, -0.15) is 0 Å². The quantitative estimate of drug-likeness (QED) is 0.637. The number of rotatable bonds is 5. The van der Waals surface area contributed by atoms with Crippen molar-refractivity contribution < 1.29 is 9.59 Å². The minimum atomic E-state index is -0.446. The number of anilines is 1. The van der Waals surface area contributed by atoms with Gasteiger partial charge in [0, 0.05) is 29.1 Å². The van der Waals surface area contributed by atoms with Crippen molar-refractivity contribution in [2.45, 2.75) is 25.3 Å². The Morgan fingerprint density at radius 3 is 2.82 bits per heavy atom. The number of hydrogen-bond acceptors (Lipinski definition) is 5. The minimum absolute atomic E-state index is 0.0739. The van der Waals surface area contributed by atoms with Gasteiger partial charge in [-0.25, -0.2) is 4.98 Å². The second kappa shape index (κ2) is 8.43. The Morgan fingerprint density at radius 2 is 2.07 bits per heavy atom. The summed E-state index contributed by atoms with van der Waals surface area (Å²) in [6, 6.07) is 10.9. The van der Waals surface area contributed by atoms with Crippen LogP contribution in [0.2, 0.25) is 5.02 Å². The molecular weight excluding hydrogens is 414 g/mol. The molecule has 4 rings (SSSR count). The standard InChI is InChI=1S/C20H18ClN3O2S2/c21-14-7-5-13(6-8-14)11-15-12-22-20(28-15)23-18(25)16-3-1-9-24(16)19(26)17-4-2-10-27-17/h2,4-8,10,12,16H,1,3,9,11H2,(H,22,23,25)/t16-/m0/s1. The van der Waals surface area contributed by atoms with Gasteiger partial charge in [-0.3, -0.25) is 9.59 Å². The van der Waals surface area contributed by atoms with Gasteiger partial charge in [-0.1, -0.05) is 29.8 Å². The lowest BCUT2D eigenvalue weighted by Gasteiger charge is -2.22. The van der Waals surface area contributed by atoms with E-state index in [0.717, 1.165) is 23.3 Å². The van der Waals surface area contributed by atoms with Crippen molar-refractivity contribution >= 4 is 51.2 Å². The van der Waals surface area contributed by atoms with Gasteiger partial charge < -0.3 is 10.2 Å². The molecule has 28 heavy (non-hydrogen) atoms. The first kappa shape index (κ1) is 19.1. The second-order valence-corrected chi connectivity index (χ2v) is 9.06. The maximum absolute atomic E-state index is 12.8. The number of halogens is 1. The summed E-state index contributed by atoms with van der Waals surface area (Å²) in [5.74, 6) is -0.245. The molecule has 0 spiro atoms. The molecule has 1 aromatic carbocycles. The molecule has 1 N–H and O–H groups in total. The van der Waals surface area contributed by atoms with Crippen LogP contribution in [0, 0.1) is 0 Å². The number of thiazole rings is 1. The Labute approximate surface area is 176 Å². The van der Waals surface area contributed by atoms with Crippen LogP contribution >= 0.6 is 34.3 Å². The largest absolute Gasteiger partial charge is 0.326 e. The van der Waals surface area contributed by atoms with Crippen LogP contribution in [0.4, 0.5) is 5.13 Å². The van der Waals surface area contributed by atoms with E-state index in [-0.39, 0.29) is 11.8 Å². The van der Waals surface area contributed by atoms with E-state index in [1.54, 1.807) is 17.2 Å². The van der Waals surface area contributed by atoms with Gasteiger partial charge in [-0.15, -0.1) is 22.7 Å². The van der Waals surface area contributed by atoms with E-state index in [1.807, 2.05) is 35.7 Å². The number of amides is 2. The summed E-state index contributed by atoms with van der Waals surface area (Å²) in [5.41, 5.74) is 1.13. The molecule has 144 valence electrons. The number of nitrogens with one attached hydrogen (secondary N) is 1. The zero-order valence-electron chi connectivity index (χ0n) is 14.9. The Balaban J connectivity index is 1.40. The number of likely N-dealkylation sites (tertiary alicyclic amines) is 1. The van der Waals surface area contributed by atoms with Crippen LogP contribution in [0.25, 0.3) is 0 Å². The Morgan fingerprint density at radius 1 is 1.25 bits per heavy atom. The maximum Gasteiger partial charge on any atom is 0.264 e. The van der Waals surface area contributed by atoms with Gasteiger partial charge in [0.05, 0.1) is 4.88 Å². The number of carbonyl (C=O) groups is 2. The Bertz CT molecular complexity index is 970. The van der Waals surface area contributed by atoms with Gasteiger partial charge in [0.15, 0.2) is 5.13 Å². The lowest BCUT2D eigenvalue weighted by molar-refractivity contribution is -0.119. The molecule has 8 heteroatoms. The SMILES string of the molecule is O=C(Nc1ncc(Cc2ccc(Cl)cc2)s1)[C@@H]1CCCN1C(=O)c1cccs1. The van der Waals surface area contributed by atoms with Crippen LogP contribution in [0.5, 0.6) is 0 Å². The number of hydrogen-bond donors (Lipinski definition) is 1. The third kappa shape index (κ3) is 4.27. The molecule has 0 bridgehead atoms. The van der Waals surface area contributed by atoms with Crippen molar-refractivity contribution in [3.63, 3.8) is 0 Å².